The molecule has 0 spiro atoms. The van der Waals surface area contributed by atoms with Crippen molar-refractivity contribution in [3.05, 3.63) is 29.8 Å². The van der Waals surface area contributed by atoms with Crippen molar-refractivity contribution < 1.29 is 19.1 Å². The van der Waals surface area contributed by atoms with Crippen molar-refractivity contribution >= 4 is 23.5 Å². The van der Waals surface area contributed by atoms with E-state index in [-0.39, 0.29) is 24.8 Å². The van der Waals surface area contributed by atoms with Gasteiger partial charge in [0.1, 0.15) is 0 Å². The molecule has 130 valence electrons. The number of carbonyl (C=O) groups is 3. The van der Waals surface area contributed by atoms with Gasteiger partial charge in [-0.25, -0.2) is 0 Å². The van der Waals surface area contributed by atoms with Crippen molar-refractivity contribution in [2.75, 3.05) is 18.0 Å². The fraction of sp³-hybridized carbons (Fsp3) is 0.500. The molecule has 1 aliphatic rings. The molecule has 6 heteroatoms. The molecule has 1 fully saturated rings. The van der Waals surface area contributed by atoms with Gasteiger partial charge in [-0.1, -0.05) is 19.1 Å². The highest BCUT2D eigenvalue weighted by atomic mass is 16.5. The first kappa shape index (κ1) is 18.0. The summed E-state index contributed by atoms with van der Waals surface area (Å²) >= 11 is 0. The monoisotopic (exact) mass is 332 g/mol. The van der Waals surface area contributed by atoms with Crippen LogP contribution < -0.4 is 10.2 Å². The molecule has 24 heavy (non-hydrogen) atoms. The van der Waals surface area contributed by atoms with Crippen molar-refractivity contribution in [3.63, 3.8) is 0 Å². The van der Waals surface area contributed by atoms with Crippen molar-refractivity contribution in [2.45, 2.75) is 39.7 Å². The van der Waals surface area contributed by atoms with E-state index in [4.69, 9.17) is 4.74 Å². The number of hydrogen-bond acceptors (Lipinski definition) is 4. The van der Waals surface area contributed by atoms with E-state index in [1.165, 1.54) is 12.5 Å². The van der Waals surface area contributed by atoms with E-state index in [1.54, 1.807) is 11.8 Å². The minimum atomic E-state index is -0.856. The Hall–Kier alpha value is -2.37. The predicted molar refractivity (Wildman–Crippen MR) is 90.5 cm³/mol. The van der Waals surface area contributed by atoms with E-state index in [0.717, 1.165) is 12.1 Å². The fourth-order valence-corrected chi connectivity index (χ4v) is 2.67. The van der Waals surface area contributed by atoms with Crippen LogP contribution in [0.1, 0.15) is 32.8 Å². The topological polar surface area (TPSA) is 75.7 Å². The lowest BCUT2D eigenvalue weighted by atomic mass is 10.1. The first-order chi connectivity index (χ1) is 11.5. The van der Waals surface area contributed by atoms with Gasteiger partial charge in [-0.15, -0.1) is 0 Å². The van der Waals surface area contributed by atoms with Gasteiger partial charge in [-0.05, 0) is 38.0 Å². The molecular weight excluding hydrogens is 308 g/mol. The minimum absolute atomic E-state index is 0.105. The number of likely N-dealkylation sites (N-methyl/N-ethyl adjacent to an activating group) is 1. The number of aryl methyl sites for hydroxylation is 1. The highest BCUT2D eigenvalue weighted by Crippen LogP contribution is 2.26. The molecule has 1 N–H and O–H groups in total. The molecule has 2 amide bonds. The van der Waals surface area contributed by atoms with Gasteiger partial charge in [-0.2, -0.15) is 0 Å². The number of ether oxygens (including phenoxy) is 1. The van der Waals surface area contributed by atoms with Gasteiger partial charge in [0.25, 0.3) is 5.91 Å². The molecule has 1 saturated heterocycles. The van der Waals surface area contributed by atoms with Crippen LogP contribution >= 0.6 is 0 Å². The third-order valence-electron chi connectivity index (χ3n) is 4.13. The molecule has 0 bridgehead atoms. The quantitative estimate of drug-likeness (QED) is 0.804. The zero-order chi connectivity index (χ0) is 17.7. The highest BCUT2D eigenvalue weighted by Gasteiger charge is 2.37. The van der Waals surface area contributed by atoms with Gasteiger partial charge in [0, 0.05) is 25.2 Å². The van der Waals surface area contributed by atoms with Gasteiger partial charge >= 0.3 is 5.97 Å². The number of hydrogen-bond donors (Lipinski definition) is 1. The summed E-state index contributed by atoms with van der Waals surface area (Å²) in [6, 6.07) is 7.74. The first-order valence-electron chi connectivity index (χ1n) is 8.33. The smallest absolute Gasteiger partial charge is 0.312 e. The maximum Gasteiger partial charge on any atom is 0.312 e. The van der Waals surface area contributed by atoms with E-state index in [2.05, 4.69) is 12.2 Å². The third-order valence-corrected chi connectivity index (χ3v) is 4.13. The molecule has 1 aromatic carbocycles. The normalized spacial score (nSPS) is 18.4. The van der Waals surface area contributed by atoms with Crippen LogP contribution in [0.5, 0.6) is 0 Å². The summed E-state index contributed by atoms with van der Waals surface area (Å²) in [7, 11) is 0. The average molecular weight is 332 g/mol. The number of amides is 2. The average Bonchev–Trinajstić information content (AvgIpc) is 2.97. The Morgan fingerprint density at radius 2 is 1.96 bits per heavy atom. The molecule has 0 radical (unpaired) electrons. The lowest BCUT2D eigenvalue weighted by Crippen LogP contribution is -2.37. The number of esters is 1. The molecule has 2 rings (SSSR count). The zero-order valence-corrected chi connectivity index (χ0v) is 14.4. The molecule has 1 heterocycles. The van der Waals surface area contributed by atoms with E-state index < -0.39 is 18.0 Å². The van der Waals surface area contributed by atoms with Crippen molar-refractivity contribution in [1.29, 1.82) is 0 Å². The molecule has 1 aliphatic heterocycles. The van der Waals surface area contributed by atoms with E-state index in [0.29, 0.717) is 6.54 Å². The molecule has 6 nitrogen and oxygen atoms in total. The van der Waals surface area contributed by atoms with Crippen molar-refractivity contribution in [1.82, 2.24) is 5.32 Å². The van der Waals surface area contributed by atoms with Crippen LogP contribution in [0, 0.1) is 5.92 Å². The number of nitrogens with zero attached hydrogens (tertiary/aromatic N) is 1. The van der Waals surface area contributed by atoms with Gasteiger partial charge in [-0.3, -0.25) is 14.4 Å². The summed E-state index contributed by atoms with van der Waals surface area (Å²) in [5, 5.41) is 2.60. The number of anilines is 1. The Morgan fingerprint density at radius 3 is 2.54 bits per heavy atom. The number of carbonyl (C=O) groups excluding carboxylic acids is 3. The van der Waals surface area contributed by atoms with Crippen molar-refractivity contribution in [2.24, 2.45) is 5.92 Å². The van der Waals surface area contributed by atoms with Crippen LogP contribution in [0.25, 0.3) is 0 Å². The third kappa shape index (κ3) is 4.13. The summed E-state index contributed by atoms with van der Waals surface area (Å²) < 4.78 is 5.19. The largest absolute Gasteiger partial charge is 0.452 e. The second kappa shape index (κ2) is 7.95. The maximum atomic E-state index is 12.2. The molecule has 1 aromatic rings. The molecular formula is C18H24N2O4. The van der Waals surface area contributed by atoms with E-state index in [1.807, 2.05) is 24.3 Å². The van der Waals surface area contributed by atoms with Gasteiger partial charge in [0.15, 0.2) is 6.10 Å². The number of nitrogens with one attached hydrogen (secondary N) is 1. The summed E-state index contributed by atoms with van der Waals surface area (Å²) in [5.74, 6) is -1.48. The highest BCUT2D eigenvalue weighted by molar-refractivity contribution is 5.99. The Balaban J connectivity index is 1.98. The second-order valence-electron chi connectivity index (χ2n) is 5.90. The van der Waals surface area contributed by atoms with Crippen molar-refractivity contribution in [3.8, 4) is 0 Å². The molecule has 0 aromatic heterocycles. The standard InChI is InChI=1S/C18H24N2O4/c1-4-13-6-8-15(9-7-13)20-11-14(10-16(20)21)18(23)24-12(3)17(22)19-5-2/h6-9,12,14H,4-5,10-11H2,1-3H3,(H,19,22)/t12-,14-/m1/s1. The Labute approximate surface area is 142 Å². The first-order valence-corrected chi connectivity index (χ1v) is 8.33. The summed E-state index contributed by atoms with van der Waals surface area (Å²) in [4.78, 5) is 37.6. The van der Waals surface area contributed by atoms with E-state index >= 15 is 0 Å². The maximum absolute atomic E-state index is 12.2. The van der Waals surface area contributed by atoms with Gasteiger partial charge in [0.2, 0.25) is 5.91 Å². The Kier molecular flexibility index (Phi) is 5.95. The van der Waals surface area contributed by atoms with Gasteiger partial charge < -0.3 is 15.0 Å². The lowest BCUT2D eigenvalue weighted by molar-refractivity contribution is -0.158. The molecule has 0 saturated carbocycles. The predicted octanol–water partition coefficient (Wildman–Crippen LogP) is 1.67. The van der Waals surface area contributed by atoms with Crippen LogP contribution in [0.4, 0.5) is 5.69 Å². The Morgan fingerprint density at radius 1 is 1.29 bits per heavy atom. The lowest BCUT2D eigenvalue weighted by Gasteiger charge is -2.18. The number of rotatable bonds is 6. The molecule has 0 aliphatic carbocycles. The summed E-state index contributed by atoms with van der Waals surface area (Å²) in [6.07, 6.45) is 0.183. The zero-order valence-electron chi connectivity index (χ0n) is 14.4. The van der Waals surface area contributed by atoms with Gasteiger partial charge in [0.05, 0.1) is 5.92 Å². The summed E-state index contributed by atoms with van der Waals surface area (Å²) in [6.45, 7) is 6.15. The molecule has 0 unspecified atom stereocenters. The fourth-order valence-electron chi connectivity index (χ4n) is 2.67. The van der Waals surface area contributed by atoms with Crippen LogP contribution in [-0.2, 0) is 25.5 Å². The van der Waals surface area contributed by atoms with Crippen LogP contribution in [0.15, 0.2) is 24.3 Å². The van der Waals surface area contributed by atoms with Crippen LogP contribution in [0.3, 0.4) is 0 Å². The second-order valence-corrected chi connectivity index (χ2v) is 5.90. The van der Waals surface area contributed by atoms with E-state index in [9.17, 15) is 14.4 Å². The Bertz CT molecular complexity index is 612. The summed E-state index contributed by atoms with van der Waals surface area (Å²) in [5.41, 5.74) is 1.97. The van der Waals surface area contributed by atoms with Crippen LogP contribution in [0.2, 0.25) is 0 Å². The minimum Gasteiger partial charge on any atom is -0.452 e. The molecule has 2 atom stereocenters. The van der Waals surface area contributed by atoms with Crippen LogP contribution in [-0.4, -0.2) is 37.0 Å². The SMILES string of the molecule is CCNC(=O)[C@@H](C)OC(=O)[C@@H]1CC(=O)N(c2ccc(CC)cc2)C1. The number of benzene rings is 1.